The van der Waals surface area contributed by atoms with E-state index in [1.165, 1.54) is 35.4 Å². The zero-order valence-electron chi connectivity index (χ0n) is 17.3. The Labute approximate surface area is 185 Å². The van der Waals surface area contributed by atoms with Gasteiger partial charge in [0.2, 0.25) is 0 Å². The summed E-state index contributed by atoms with van der Waals surface area (Å²) in [5, 5.41) is 3.49. The van der Waals surface area contributed by atoms with Crippen molar-refractivity contribution in [1.29, 1.82) is 0 Å². The first-order valence-corrected chi connectivity index (χ1v) is 11.8. The molecule has 158 valence electrons. The largest absolute Gasteiger partial charge is 0.367 e. The van der Waals surface area contributed by atoms with Crippen LogP contribution in [-0.4, -0.2) is 36.6 Å². The molecule has 1 saturated heterocycles. The molecule has 1 N–H and O–H groups in total. The molecular weight excluding hydrogens is 416 g/mol. The molecule has 6 nitrogen and oxygen atoms in total. The van der Waals surface area contributed by atoms with Gasteiger partial charge in [0.15, 0.2) is 0 Å². The van der Waals surface area contributed by atoms with Crippen molar-refractivity contribution < 1.29 is 4.79 Å². The van der Waals surface area contributed by atoms with Crippen molar-refractivity contribution >= 4 is 51.7 Å². The van der Waals surface area contributed by atoms with Crippen molar-refractivity contribution in [3.63, 3.8) is 0 Å². The molecule has 0 spiro atoms. The fraction of sp³-hybridized carbons (Fsp3) is 0.455. The second-order valence-electron chi connectivity index (χ2n) is 7.90. The highest BCUT2D eigenvalue weighted by molar-refractivity contribution is 8.26. The number of nitrogens with one attached hydrogen (secondary N) is 1. The van der Waals surface area contributed by atoms with Crippen LogP contribution in [0, 0.1) is 0 Å². The summed E-state index contributed by atoms with van der Waals surface area (Å²) in [7, 11) is 0. The number of aromatic nitrogens is 2. The molecule has 2 aromatic rings. The van der Waals surface area contributed by atoms with Gasteiger partial charge in [-0.15, -0.1) is 0 Å². The molecular formula is C22H26N4O2S2. The minimum atomic E-state index is -0.187. The van der Waals surface area contributed by atoms with E-state index in [-0.39, 0.29) is 17.5 Å². The average molecular weight is 443 g/mol. The van der Waals surface area contributed by atoms with E-state index in [4.69, 9.17) is 17.2 Å². The monoisotopic (exact) mass is 442 g/mol. The van der Waals surface area contributed by atoms with E-state index in [0.29, 0.717) is 32.3 Å². The lowest BCUT2D eigenvalue weighted by Crippen LogP contribution is -2.36. The standard InChI is InChI=1S/C22H26N4O2S2/c1-3-14(2)26-21(28)17(30-22(26)29)13-16-19(23-15-9-5-4-6-10-15)24-18-11-7-8-12-25(18)20(16)27/h7-8,11-15,23H,3-6,9-10H2,1-2H3. The van der Waals surface area contributed by atoms with Crippen LogP contribution < -0.4 is 10.9 Å². The summed E-state index contributed by atoms with van der Waals surface area (Å²) in [6.07, 6.45) is 9.90. The number of thioether (sulfide) groups is 1. The van der Waals surface area contributed by atoms with Crippen LogP contribution in [0.25, 0.3) is 11.7 Å². The molecule has 1 saturated carbocycles. The molecule has 8 heteroatoms. The van der Waals surface area contributed by atoms with Crippen LogP contribution in [-0.2, 0) is 4.79 Å². The minimum absolute atomic E-state index is 0.0269. The van der Waals surface area contributed by atoms with Crippen LogP contribution in [0.4, 0.5) is 5.82 Å². The van der Waals surface area contributed by atoms with Crippen LogP contribution in [0.5, 0.6) is 0 Å². The van der Waals surface area contributed by atoms with Gasteiger partial charge in [-0.25, -0.2) is 4.98 Å². The highest BCUT2D eigenvalue weighted by Gasteiger charge is 2.35. The normalized spacial score (nSPS) is 20.3. The predicted molar refractivity (Wildman–Crippen MR) is 127 cm³/mol. The first-order valence-electron chi connectivity index (χ1n) is 10.5. The third-order valence-corrected chi connectivity index (χ3v) is 7.18. The van der Waals surface area contributed by atoms with Gasteiger partial charge in [0.1, 0.15) is 15.8 Å². The summed E-state index contributed by atoms with van der Waals surface area (Å²) >= 11 is 6.69. The molecule has 1 amide bonds. The van der Waals surface area contributed by atoms with Crippen LogP contribution in [0.1, 0.15) is 57.9 Å². The first kappa shape index (κ1) is 21.1. The number of hydrogen-bond donors (Lipinski definition) is 1. The molecule has 2 aliphatic rings. The molecule has 1 aliphatic carbocycles. The summed E-state index contributed by atoms with van der Waals surface area (Å²) in [6.45, 7) is 4.01. The Balaban J connectivity index is 1.78. The second-order valence-corrected chi connectivity index (χ2v) is 9.57. The molecule has 4 rings (SSSR count). The summed E-state index contributed by atoms with van der Waals surface area (Å²) in [6, 6.07) is 5.80. The van der Waals surface area contributed by atoms with E-state index in [9.17, 15) is 9.59 Å². The lowest BCUT2D eigenvalue weighted by atomic mass is 9.95. The quantitative estimate of drug-likeness (QED) is 0.546. The lowest BCUT2D eigenvalue weighted by molar-refractivity contribution is -0.123. The van der Waals surface area contributed by atoms with E-state index >= 15 is 0 Å². The molecule has 1 aliphatic heterocycles. The summed E-state index contributed by atoms with van der Waals surface area (Å²) < 4.78 is 2.06. The van der Waals surface area contributed by atoms with Crippen molar-refractivity contribution in [2.45, 2.75) is 64.5 Å². The smallest absolute Gasteiger partial charge is 0.267 e. The average Bonchev–Trinajstić information content (AvgIpc) is 3.04. The van der Waals surface area contributed by atoms with Gasteiger partial charge in [-0.1, -0.05) is 56.2 Å². The third kappa shape index (κ3) is 4.03. The van der Waals surface area contributed by atoms with Gasteiger partial charge >= 0.3 is 0 Å². The number of anilines is 1. The Kier molecular flexibility index (Phi) is 6.24. The maximum atomic E-state index is 13.3. The van der Waals surface area contributed by atoms with Crippen LogP contribution in [0.3, 0.4) is 0 Å². The molecule has 30 heavy (non-hydrogen) atoms. The van der Waals surface area contributed by atoms with Gasteiger partial charge in [0.05, 0.1) is 10.5 Å². The van der Waals surface area contributed by atoms with Crippen LogP contribution >= 0.6 is 24.0 Å². The third-order valence-electron chi connectivity index (χ3n) is 5.85. The van der Waals surface area contributed by atoms with Gasteiger partial charge < -0.3 is 5.32 Å². The number of hydrogen-bond acceptors (Lipinski definition) is 6. The topological polar surface area (TPSA) is 66.7 Å². The minimum Gasteiger partial charge on any atom is -0.367 e. The Hall–Kier alpha value is -2.19. The molecule has 2 aromatic heterocycles. The van der Waals surface area contributed by atoms with Gasteiger partial charge in [-0.2, -0.15) is 0 Å². The van der Waals surface area contributed by atoms with Crippen molar-refractivity contribution in [1.82, 2.24) is 14.3 Å². The van der Waals surface area contributed by atoms with E-state index in [1.807, 2.05) is 26.0 Å². The summed E-state index contributed by atoms with van der Waals surface area (Å²) in [5.74, 6) is 0.410. The summed E-state index contributed by atoms with van der Waals surface area (Å²) in [5.41, 5.74) is 0.812. The molecule has 0 aromatic carbocycles. The molecule has 1 atom stereocenters. The number of fused-ring (bicyclic) bond motifs is 1. The fourth-order valence-electron chi connectivity index (χ4n) is 3.96. The maximum Gasteiger partial charge on any atom is 0.267 e. The maximum absolute atomic E-state index is 13.3. The Morgan fingerprint density at radius 2 is 2.07 bits per heavy atom. The Morgan fingerprint density at radius 3 is 2.80 bits per heavy atom. The second kappa shape index (κ2) is 8.89. The number of carbonyl (C=O) groups excluding carboxylic acids is 1. The zero-order chi connectivity index (χ0) is 21.3. The number of nitrogens with zero attached hydrogens (tertiary/aromatic N) is 3. The van der Waals surface area contributed by atoms with Gasteiger partial charge in [0, 0.05) is 18.3 Å². The van der Waals surface area contributed by atoms with Gasteiger partial charge in [0.25, 0.3) is 11.5 Å². The SMILES string of the molecule is CCC(C)N1C(=O)C(=Cc2c(NC3CCCCC3)nc3ccccn3c2=O)SC1=S. The Bertz CT molecular complexity index is 1070. The zero-order valence-corrected chi connectivity index (χ0v) is 18.9. The lowest BCUT2D eigenvalue weighted by Gasteiger charge is -2.24. The first-order chi connectivity index (χ1) is 14.5. The molecule has 2 fully saturated rings. The number of thiocarbonyl (C=S) groups is 1. The number of rotatable bonds is 5. The predicted octanol–water partition coefficient (Wildman–Crippen LogP) is 4.44. The highest BCUT2D eigenvalue weighted by Crippen LogP contribution is 2.35. The number of carbonyl (C=O) groups is 1. The van der Waals surface area contributed by atoms with Crippen LogP contribution in [0.15, 0.2) is 34.1 Å². The molecule has 1 unspecified atom stereocenters. The van der Waals surface area contributed by atoms with Crippen molar-refractivity contribution in [2.75, 3.05) is 5.32 Å². The highest BCUT2D eigenvalue weighted by atomic mass is 32.2. The van der Waals surface area contributed by atoms with Crippen molar-refractivity contribution in [2.24, 2.45) is 0 Å². The fourth-order valence-corrected chi connectivity index (χ4v) is 5.40. The van der Waals surface area contributed by atoms with E-state index in [2.05, 4.69) is 5.32 Å². The van der Waals surface area contributed by atoms with E-state index < -0.39 is 0 Å². The number of amides is 1. The molecule has 0 radical (unpaired) electrons. The Morgan fingerprint density at radius 1 is 1.30 bits per heavy atom. The van der Waals surface area contributed by atoms with Crippen molar-refractivity contribution in [3.8, 4) is 0 Å². The molecule has 3 heterocycles. The van der Waals surface area contributed by atoms with Crippen molar-refractivity contribution in [3.05, 3.63) is 45.2 Å². The van der Waals surface area contributed by atoms with E-state index in [1.54, 1.807) is 23.2 Å². The molecule has 0 bridgehead atoms. The van der Waals surface area contributed by atoms with Gasteiger partial charge in [-0.3, -0.25) is 18.9 Å². The number of pyridine rings is 1. The summed E-state index contributed by atoms with van der Waals surface area (Å²) in [4.78, 5) is 33.2. The van der Waals surface area contributed by atoms with Crippen LogP contribution in [0.2, 0.25) is 0 Å². The van der Waals surface area contributed by atoms with Gasteiger partial charge in [-0.05, 0) is 44.4 Å². The van der Waals surface area contributed by atoms with E-state index in [0.717, 1.165) is 19.3 Å².